The van der Waals surface area contributed by atoms with E-state index in [2.05, 4.69) is 4.98 Å². The Labute approximate surface area is 139 Å². The fraction of sp³-hybridized carbons (Fsp3) is 0.600. The van der Waals surface area contributed by atoms with Crippen LogP contribution in [-0.4, -0.2) is 40.2 Å². The number of piperidine rings is 1. The van der Waals surface area contributed by atoms with E-state index in [-0.39, 0.29) is 31.6 Å². The van der Waals surface area contributed by atoms with Crippen LogP contribution in [0.2, 0.25) is 0 Å². The highest BCUT2D eigenvalue weighted by molar-refractivity contribution is 5.76. The summed E-state index contributed by atoms with van der Waals surface area (Å²) in [5.41, 5.74) is -2.76. The molecule has 0 radical (unpaired) electrons. The lowest BCUT2D eigenvalue weighted by atomic mass is 9.87. The fourth-order valence-corrected chi connectivity index (χ4v) is 2.65. The number of halogens is 6. The summed E-state index contributed by atoms with van der Waals surface area (Å²) in [5.74, 6) is -0.698. The molecule has 0 bridgehead atoms. The van der Waals surface area contributed by atoms with E-state index in [0.29, 0.717) is 0 Å². The zero-order chi connectivity index (χ0) is 18.9. The van der Waals surface area contributed by atoms with Gasteiger partial charge in [-0.25, -0.2) is 0 Å². The van der Waals surface area contributed by atoms with Crippen molar-refractivity contribution in [2.75, 3.05) is 13.1 Å². The first-order valence-electron chi connectivity index (χ1n) is 7.51. The van der Waals surface area contributed by atoms with Crippen LogP contribution in [0.25, 0.3) is 0 Å². The maximum absolute atomic E-state index is 12.8. The van der Waals surface area contributed by atoms with Crippen molar-refractivity contribution in [3.05, 3.63) is 29.6 Å². The van der Waals surface area contributed by atoms with E-state index in [9.17, 15) is 36.2 Å². The number of carbonyl (C=O) groups is 1. The number of hydrogen-bond donors (Lipinski definition) is 1. The first-order chi connectivity index (χ1) is 11.4. The second-order valence-electron chi connectivity index (χ2n) is 5.96. The van der Waals surface area contributed by atoms with Gasteiger partial charge in [-0.1, -0.05) is 0 Å². The maximum Gasteiger partial charge on any atom is 0.416 e. The fourth-order valence-electron chi connectivity index (χ4n) is 2.65. The molecule has 140 valence electrons. The van der Waals surface area contributed by atoms with Crippen molar-refractivity contribution in [3.63, 3.8) is 0 Å². The molecule has 1 fully saturated rings. The van der Waals surface area contributed by atoms with Crippen molar-refractivity contribution in [3.8, 4) is 0 Å². The minimum Gasteiger partial charge on any atom is -0.383 e. The van der Waals surface area contributed by atoms with Gasteiger partial charge in [-0.05, 0) is 25.0 Å². The van der Waals surface area contributed by atoms with Crippen molar-refractivity contribution >= 4 is 5.91 Å². The van der Waals surface area contributed by atoms with Crippen LogP contribution in [0.1, 0.15) is 36.9 Å². The highest BCUT2D eigenvalue weighted by atomic mass is 19.4. The molecule has 1 aliphatic heterocycles. The molecule has 25 heavy (non-hydrogen) atoms. The van der Waals surface area contributed by atoms with Gasteiger partial charge in [-0.15, -0.1) is 0 Å². The van der Waals surface area contributed by atoms with Crippen molar-refractivity contribution in [1.82, 2.24) is 9.88 Å². The molecule has 1 saturated heterocycles. The molecular formula is C15H16F6N2O2. The Morgan fingerprint density at radius 3 is 2.32 bits per heavy atom. The summed E-state index contributed by atoms with van der Waals surface area (Å²) < 4.78 is 74.7. The molecule has 0 aliphatic carbocycles. The molecular weight excluding hydrogens is 354 g/mol. The van der Waals surface area contributed by atoms with Gasteiger partial charge in [0, 0.05) is 25.7 Å². The van der Waals surface area contributed by atoms with Crippen LogP contribution in [0.5, 0.6) is 0 Å². The Kier molecular flexibility index (Phi) is 5.31. The number of likely N-dealkylation sites (tertiary alicyclic amines) is 1. The van der Waals surface area contributed by atoms with E-state index >= 15 is 0 Å². The molecule has 1 amide bonds. The number of aromatic nitrogens is 1. The van der Waals surface area contributed by atoms with E-state index in [1.807, 2.05) is 0 Å². The van der Waals surface area contributed by atoms with Crippen molar-refractivity contribution in [2.24, 2.45) is 0 Å². The normalized spacial score (nSPS) is 18.3. The predicted octanol–water partition coefficient (Wildman–Crippen LogP) is 3.25. The van der Waals surface area contributed by atoms with Gasteiger partial charge in [0.25, 0.3) is 0 Å². The van der Waals surface area contributed by atoms with Gasteiger partial charge in [0.15, 0.2) is 0 Å². The van der Waals surface area contributed by atoms with Crippen LogP contribution < -0.4 is 0 Å². The molecule has 10 heteroatoms. The average Bonchev–Trinajstić information content (AvgIpc) is 2.52. The molecule has 4 nitrogen and oxygen atoms in total. The third-order valence-corrected chi connectivity index (χ3v) is 4.13. The second-order valence-corrected chi connectivity index (χ2v) is 5.96. The van der Waals surface area contributed by atoms with Crippen LogP contribution in [0.3, 0.4) is 0 Å². The number of hydrogen-bond acceptors (Lipinski definition) is 3. The summed E-state index contributed by atoms with van der Waals surface area (Å²) in [6.45, 7) is -0.101. The molecule has 2 heterocycles. The Hall–Kier alpha value is -1.84. The molecule has 0 spiro atoms. The molecule has 2 rings (SSSR count). The summed E-state index contributed by atoms with van der Waals surface area (Å²) in [6.07, 6.45) is -10.2. The smallest absolute Gasteiger partial charge is 0.383 e. The predicted molar refractivity (Wildman–Crippen MR) is 74.2 cm³/mol. The van der Waals surface area contributed by atoms with E-state index in [4.69, 9.17) is 0 Å². The summed E-state index contributed by atoms with van der Waals surface area (Å²) in [5, 5.41) is 10.5. The van der Waals surface area contributed by atoms with Gasteiger partial charge >= 0.3 is 12.4 Å². The van der Waals surface area contributed by atoms with Crippen LogP contribution in [0.4, 0.5) is 26.3 Å². The van der Waals surface area contributed by atoms with Crippen molar-refractivity contribution in [1.29, 1.82) is 0 Å². The Bertz CT molecular complexity index is 621. The van der Waals surface area contributed by atoms with E-state index < -0.39 is 42.3 Å². The lowest BCUT2D eigenvalue weighted by Crippen LogP contribution is -2.45. The lowest BCUT2D eigenvalue weighted by molar-refractivity contribution is -0.151. The summed E-state index contributed by atoms with van der Waals surface area (Å²) >= 11 is 0. The average molecular weight is 370 g/mol. The second kappa shape index (κ2) is 6.81. The summed E-state index contributed by atoms with van der Waals surface area (Å²) in [4.78, 5) is 16.7. The zero-order valence-corrected chi connectivity index (χ0v) is 13.0. The van der Waals surface area contributed by atoms with Crippen LogP contribution >= 0.6 is 0 Å². The van der Waals surface area contributed by atoms with Gasteiger partial charge in [-0.2, -0.15) is 26.3 Å². The SMILES string of the molecule is O=C(CCC(F)(F)F)N1CCC(O)(c2cc(C(F)(F)F)ccn2)CC1. The minimum absolute atomic E-state index is 0.0505. The Balaban J connectivity index is 2.02. The van der Waals surface area contributed by atoms with E-state index in [1.165, 1.54) is 4.90 Å². The highest BCUT2D eigenvalue weighted by Gasteiger charge is 2.39. The molecule has 1 aromatic heterocycles. The molecule has 0 saturated carbocycles. The largest absolute Gasteiger partial charge is 0.416 e. The highest BCUT2D eigenvalue weighted by Crippen LogP contribution is 2.35. The zero-order valence-electron chi connectivity index (χ0n) is 13.0. The molecule has 1 aromatic rings. The van der Waals surface area contributed by atoms with Crippen LogP contribution in [-0.2, 0) is 16.6 Å². The minimum atomic E-state index is -4.58. The van der Waals surface area contributed by atoms with Gasteiger partial charge in [-0.3, -0.25) is 9.78 Å². The number of pyridine rings is 1. The lowest BCUT2D eigenvalue weighted by Gasteiger charge is -2.38. The van der Waals surface area contributed by atoms with Gasteiger partial charge < -0.3 is 10.0 Å². The number of carbonyl (C=O) groups excluding carboxylic acids is 1. The monoisotopic (exact) mass is 370 g/mol. The third kappa shape index (κ3) is 5.07. The number of alkyl halides is 6. The standard InChI is InChI=1S/C15H16F6N2O2/c16-14(17,18)3-1-12(24)23-7-4-13(25,5-8-23)11-9-10(2-6-22-11)15(19,20)21/h2,6,9,25H,1,3-5,7-8H2. The number of aliphatic hydroxyl groups is 1. The number of nitrogens with zero attached hydrogens (tertiary/aromatic N) is 2. The van der Waals surface area contributed by atoms with Crippen molar-refractivity contribution < 1.29 is 36.2 Å². The van der Waals surface area contributed by atoms with Crippen LogP contribution in [0, 0.1) is 0 Å². The number of rotatable bonds is 3. The molecule has 0 atom stereocenters. The summed E-state index contributed by atoms with van der Waals surface area (Å²) in [7, 11) is 0. The Morgan fingerprint density at radius 2 is 1.80 bits per heavy atom. The third-order valence-electron chi connectivity index (χ3n) is 4.13. The molecule has 1 aliphatic rings. The van der Waals surface area contributed by atoms with E-state index in [1.54, 1.807) is 0 Å². The summed E-state index contributed by atoms with van der Waals surface area (Å²) in [6, 6.07) is 1.53. The van der Waals surface area contributed by atoms with Gasteiger partial charge in [0.05, 0.1) is 17.7 Å². The topological polar surface area (TPSA) is 53.4 Å². The molecule has 0 unspecified atom stereocenters. The maximum atomic E-state index is 12.8. The van der Waals surface area contributed by atoms with E-state index in [0.717, 1.165) is 18.3 Å². The Morgan fingerprint density at radius 1 is 1.20 bits per heavy atom. The van der Waals surface area contributed by atoms with Gasteiger partial charge in [0.1, 0.15) is 5.60 Å². The molecule has 0 aromatic carbocycles. The first-order valence-corrected chi connectivity index (χ1v) is 7.51. The quantitative estimate of drug-likeness (QED) is 0.831. The van der Waals surface area contributed by atoms with Crippen LogP contribution in [0.15, 0.2) is 18.3 Å². The molecule has 1 N–H and O–H groups in total. The first kappa shape index (κ1) is 19.5. The number of amides is 1. The van der Waals surface area contributed by atoms with Crippen molar-refractivity contribution in [2.45, 2.75) is 43.6 Å². The van der Waals surface area contributed by atoms with Gasteiger partial charge in [0.2, 0.25) is 5.91 Å².